The second-order valence-corrected chi connectivity index (χ2v) is 4.95. The summed E-state index contributed by atoms with van der Waals surface area (Å²) >= 11 is 0. The van der Waals surface area contributed by atoms with E-state index in [1.807, 2.05) is 43.3 Å². The van der Waals surface area contributed by atoms with Gasteiger partial charge in [-0.15, -0.1) is 0 Å². The molecule has 0 amide bonds. The van der Waals surface area contributed by atoms with Crippen molar-refractivity contribution in [3.63, 3.8) is 0 Å². The summed E-state index contributed by atoms with van der Waals surface area (Å²) in [6, 6.07) is 12.4. The van der Waals surface area contributed by atoms with Crippen LogP contribution in [0.5, 0.6) is 0 Å². The molecule has 5 heteroatoms. The zero-order chi connectivity index (χ0) is 14.8. The van der Waals surface area contributed by atoms with Crippen LogP contribution in [0.15, 0.2) is 48.8 Å². The van der Waals surface area contributed by atoms with E-state index < -0.39 is 0 Å². The van der Waals surface area contributed by atoms with Crippen LogP contribution in [0.4, 0.5) is 21.6 Å². The lowest BCUT2D eigenvalue weighted by molar-refractivity contribution is 0.629. The van der Waals surface area contributed by atoms with E-state index in [1.165, 1.54) is 18.5 Å². The molecule has 0 saturated heterocycles. The smallest absolute Gasteiger partial charge is 0.141 e. The second-order valence-electron chi connectivity index (χ2n) is 4.95. The average Bonchev–Trinajstić information content (AvgIpc) is 2.48. The van der Waals surface area contributed by atoms with Gasteiger partial charge in [0.05, 0.1) is 5.52 Å². The van der Waals surface area contributed by atoms with Crippen molar-refractivity contribution in [2.75, 3.05) is 24.3 Å². The molecular formula is C16H15FN4. The Morgan fingerprint density at radius 2 is 1.90 bits per heavy atom. The fraction of sp³-hybridized carbons (Fsp3) is 0.125. The van der Waals surface area contributed by atoms with Crippen LogP contribution in [0.1, 0.15) is 0 Å². The highest BCUT2D eigenvalue weighted by Crippen LogP contribution is 2.25. The van der Waals surface area contributed by atoms with Crippen molar-refractivity contribution in [3.8, 4) is 0 Å². The summed E-state index contributed by atoms with van der Waals surface area (Å²) in [6.45, 7) is 0. The highest BCUT2D eigenvalue weighted by Gasteiger charge is 2.06. The van der Waals surface area contributed by atoms with E-state index in [-0.39, 0.29) is 5.82 Å². The standard InChI is InChI=1S/C16H15FN4/c1-21(2)13-5-3-4-12(9-13)20-16-14-8-11(17)6-7-15(14)18-10-19-16/h3-10H,1-2H3,(H,18,19,20). The number of hydrogen-bond donors (Lipinski definition) is 1. The van der Waals surface area contributed by atoms with E-state index in [4.69, 9.17) is 0 Å². The molecule has 1 aromatic heterocycles. The van der Waals surface area contributed by atoms with Gasteiger partial charge in [0, 0.05) is 30.9 Å². The van der Waals surface area contributed by atoms with Gasteiger partial charge >= 0.3 is 0 Å². The molecular weight excluding hydrogens is 267 g/mol. The Labute approximate surface area is 122 Å². The molecule has 3 aromatic rings. The molecule has 1 N–H and O–H groups in total. The molecule has 0 spiro atoms. The monoisotopic (exact) mass is 282 g/mol. The fourth-order valence-corrected chi connectivity index (χ4v) is 2.13. The summed E-state index contributed by atoms with van der Waals surface area (Å²) < 4.78 is 13.4. The quantitative estimate of drug-likeness (QED) is 0.797. The summed E-state index contributed by atoms with van der Waals surface area (Å²) in [6.07, 6.45) is 1.47. The van der Waals surface area contributed by atoms with Crippen LogP contribution in [-0.4, -0.2) is 24.1 Å². The number of anilines is 3. The number of benzene rings is 2. The van der Waals surface area contributed by atoms with Gasteiger partial charge in [0.2, 0.25) is 0 Å². The maximum atomic E-state index is 13.4. The average molecular weight is 282 g/mol. The molecule has 2 aromatic carbocycles. The molecule has 0 radical (unpaired) electrons. The van der Waals surface area contributed by atoms with E-state index in [1.54, 1.807) is 6.07 Å². The zero-order valence-corrected chi connectivity index (χ0v) is 11.8. The van der Waals surface area contributed by atoms with Gasteiger partial charge in [-0.3, -0.25) is 0 Å². The molecule has 0 aliphatic heterocycles. The van der Waals surface area contributed by atoms with E-state index in [2.05, 4.69) is 15.3 Å². The number of halogens is 1. The summed E-state index contributed by atoms with van der Waals surface area (Å²) in [4.78, 5) is 10.4. The van der Waals surface area contributed by atoms with Crippen LogP contribution in [-0.2, 0) is 0 Å². The molecule has 0 fully saturated rings. The highest BCUT2D eigenvalue weighted by molar-refractivity contribution is 5.90. The Morgan fingerprint density at radius 3 is 2.71 bits per heavy atom. The van der Waals surface area contributed by atoms with Crippen LogP contribution >= 0.6 is 0 Å². The summed E-state index contributed by atoms with van der Waals surface area (Å²) in [5, 5.41) is 3.88. The summed E-state index contributed by atoms with van der Waals surface area (Å²) in [5.41, 5.74) is 2.67. The molecule has 0 bridgehead atoms. The number of nitrogens with one attached hydrogen (secondary N) is 1. The predicted octanol–water partition coefficient (Wildman–Crippen LogP) is 3.58. The lowest BCUT2D eigenvalue weighted by Crippen LogP contribution is -2.08. The Kier molecular flexibility index (Phi) is 3.39. The maximum Gasteiger partial charge on any atom is 0.141 e. The molecule has 0 atom stereocenters. The first-order valence-corrected chi connectivity index (χ1v) is 6.58. The van der Waals surface area contributed by atoms with E-state index in [0.29, 0.717) is 16.7 Å². The lowest BCUT2D eigenvalue weighted by atomic mass is 10.2. The lowest BCUT2D eigenvalue weighted by Gasteiger charge is -2.14. The minimum Gasteiger partial charge on any atom is -0.378 e. The first-order chi connectivity index (χ1) is 10.1. The molecule has 21 heavy (non-hydrogen) atoms. The van der Waals surface area contributed by atoms with Gasteiger partial charge in [0.25, 0.3) is 0 Å². The van der Waals surface area contributed by atoms with Crippen LogP contribution in [0.3, 0.4) is 0 Å². The third-order valence-electron chi connectivity index (χ3n) is 3.22. The Hall–Kier alpha value is -2.69. The molecule has 0 aliphatic carbocycles. The number of fused-ring (bicyclic) bond motifs is 1. The number of aromatic nitrogens is 2. The van der Waals surface area contributed by atoms with Crippen molar-refractivity contribution in [3.05, 3.63) is 54.6 Å². The zero-order valence-electron chi connectivity index (χ0n) is 11.8. The Morgan fingerprint density at radius 1 is 1.05 bits per heavy atom. The molecule has 4 nitrogen and oxygen atoms in total. The second kappa shape index (κ2) is 5.36. The van der Waals surface area contributed by atoms with Crippen LogP contribution in [0.2, 0.25) is 0 Å². The van der Waals surface area contributed by atoms with Crippen molar-refractivity contribution >= 4 is 28.1 Å². The minimum atomic E-state index is -0.303. The van der Waals surface area contributed by atoms with Gasteiger partial charge in [-0.1, -0.05) is 6.07 Å². The third kappa shape index (κ3) is 2.76. The Balaban J connectivity index is 2.02. The van der Waals surface area contributed by atoms with Gasteiger partial charge in [-0.25, -0.2) is 14.4 Å². The van der Waals surface area contributed by atoms with Gasteiger partial charge in [0.1, 0.15) is 18.0 Å². The van der Waals surface area contributed by atoms with Crippen LogP contribution in [0, 0.1) is 5.82 Å². The number of rotatable bonds is 3. The SMILES string of the molecule is CN(C)c1cccc(Nc2ncnc3ccc(F)cc23)c1. The van der Waals surface area contributed by atoms with Gasteiger partial charge < -0.3 is 10.2 Å². The van der Waals surface area contributed by atoms with Crippen LogP contribution < -0.4 is 10.2 Å². The number of hydrogen-bond acceptors (Lipinski definition) is 4. The van der Waals surface area contributed by atoms with Gasteiger partial charge in [-0.05, 0) is 36.4 Å². The Bertz CT molecular complexity index is 786. The van der Waals surface area contributed by atoms with Crippen molar-refractivity contribution < 1.29 is 4.39 Å². The van der Waals surface area contributed by atoms with E-state index in [9.17, 15) is 4.39 Å². The van der Waals surface area contributed by atoms with Crippen molar-refractivity contribution in [2.45, 2.75) is 0 Å². The van der Waals surface area contributed by atoms with Gasteiger partial charge in [0.15, 0.2) is 0 Å². The predicted molar refractivity (Wildman–Crippen MR) is 83.5 cm³/mol. The molecule has 0 saturated carbocycles. The fourth-order valence-electron chi connectivity index (χ4n) is 2.13. The molecule has 3 rings (SSSR count). The third-order valence-corrected chi connectivity index (χ3v) is 3.22. The van der Waals surface area contributed by atoms with Crippen LogP contribution in [0.25, 0.3) is 10.9 Å². The normalized spacial score (nSPS) is 10.6. The first-order valence-electron chi connectivity index (χ1n) is 6.58. The van der Waals surface area contributed by atoms with Crippen molar-refractivity contribution in [1.82, 2.24) is 9.97 Å². The highest BCUT2D eigenvalue weighted by atomic mass is 19.1. The van der Waals surface area contributed by atoms with E-state index in [0.717, 1.165) is 11.4 Å². The van der Waals surface area contributed by atoms with Gasteiger partial charge in [-0.2, -0.15) is 0 Å². The van der Waals surface area contributed by atoms with E-state index >= 15 is 0 Å². The number of nitrogens with zero attached hydrogens (tertiary/aromatic N) is 3. The largest absolute Gasteiger partial charge is 0.378 e. The molecule has 0 unspecified atom stereocenters. The molecule has 106 valence electrons. The molecule has 0 aliphatic rings. The van der Waals surface area contributed by atoms with Crippen molar-refractivity contribution in [2.24, 2.45) is 0 Å². The topological polar surface area (TPSA) is 41.0 Å². The van der Waals surface area contributed by atoms with Crippen molar-refractivity contribution in [1.29, 1.82) is 0 Å². The minimum absolute atomic E-state index is 0.303. The summed E-state index contributed by atoms with van der Waals surface area (Å²) in [7, 11) is 3.96. The first kappa shape index (κ1) is 13.3. The maximum absolute atomic E-state index is 13.4. The molecule has 1 heterocycles. The summed E-state index contributed by atoms with van der Waals surface area (Å²) in [5.74, 6) is 0.290.